The van der Waals surface area contributed by atoms with Crippen molar-refractivity contribution < 1.29 is 14.4 Å². The second-order valence-corrected chi connectivity index (χ2v) is 9.30. The van der Waals surface area contributed by atoms with Gasteiger partial charge in [-0.15, -0.1) is 0 Å². The molecule has 158 valence electrons. The van der Waals surface area contributed by atoms with E-state index < -0.39 is 22.8 Å². The molecule has 30 heavy (non-hydrogen) atoms. The SMILES string of the molecule is CC(C)(C(=O)NC1CCCCC1)C(=O)N1C[C@]2(CC1C#N)C(=O)Nc1ccccc12. The number of nitrogens with one attached hydrogen (secondary N) is 2. The quantitative estimate of drug-likeness (QED) is 0.750. The van der Waals surface area contributed by atoms with Crippen LogP contribution < -0.4 is 10.6 Å². The number of rotatable bonds is 3. The van der Waals surface area contributed by atoms with Crippen molar-refractivity contribution in [2.45, 2.75) is 69.9 Å². The number of hydrogen-bond donors (Lipinski definition) is 2. The van der Waals surface area contributed by atoms with E-state index in [1.54, 1.807) is 13.8 Å². The highest BCUT2D eigenvalue weighted by Crippen LogP contribution is 2.47. The van der Waals surface area contributed by atoms with Crippen molar-refractivity contribution >= 4 is 23.4 Å². The summed E-state index contributed by atoms with van der Waals surface area (Å²) in [6.45, 7) is 3.32. The van der Waals surface area contributed by atoms with Crippen molar-refractivity contribution in [1.29, 1.82) is 5.26 Å². The van der Waals surface area contributed by atoms with Crippen molar-refractivity contribution in [2.24, 2.45) is 5.41 Å². The molecular formula is C23H28N4O3. The lowest BCUT2D eigenvalue weighted by Crippen LogP contribution is -2.53. The Labute approximate surface area is 176 Å². The van der Waals surface area contributed by atoms with Crippen LogP contribution in [0.1, 0.15) is 57.9 Å². The molecule has 1 saturated heterocycles. The van der Waals surface area contributed by atoms with E-state index in [4.69, 9.17) is 0 Å². The monoisotopic (exact) mass is 408 g/mol. The van der Waals surface area contributed by atoms with Gasteiger partial charge in [0.05, 0.1) is 11.5 Å². The molecule has 0 radical (unpaired) electrons. The van der Waals surface area contributed by atoms with E-state index in [1.807, 2.05) is 24.3 Å². The zero-order valence-electron chi connectivity index (χ0n) is 17.5. The number of anilines is 1. The summed E-state index contributed by atoms with van der Waals surface area (Å²) >= 11 is 0. The van der Waals surface area contributed by atoms with Gasteiger partial charge in [0.1, 0.15) is 11.5 Å². The van der Waals surface area contributed by atoms with Gasteiger partial charge >= 0.3 is 0 Å². The fourth-order valence-electron chi connectivity index (χ4n) is 5.04. The highest BCUT2D eigenvalue weighted by atomic mass is 16.2. The molecule has 2 N–H and O–H groups in total. The fourth-order valence-corrected chi connectivity index (χ4v) is 5.04. The molecule has 2 atom stereocenters. The predicted molar refractivity (Wildman–Crippen MR) is 111 cm³/mol. The van der Waals surface area contributed by atoms with Gasteiger partial charge in [-0.05, 0) is 38.3 Å². The van der Waals surface area contributed by atoms with Gasteiger partial charge in [-0.2, -0.15) is 5.26 Å². The molecule has 3 amide bonds. The third-order valence-corrected chi connectivity index (χ3v) is 6.94. The molecule has 0 aromatic heterocycles. The smallest absolute Gasteiger partial charge is 0.238 e. The molecule has 1 unspecified atom stereocenters. The van der Waals surface area contributed by atoms with Crippen LogP contribution >= 0.6 is 0 Å². The molecule has 2 aliphatic heterocycles. The van der Waals surface area contributed by atoms with E-state index in [9.17, 15) is 19.6 Å². The number of hydrogen-bond acceptors (Lipinski definition) is 4. The Morgan fingerprint density at radius 2 is 1.93 bits per heavy atom. The molecular weight excluding hydrogens is 380 g/mol. The number of likely N-dealkylation sites (tertiary alicyclic amines) is 1. The molecule has 7 nitrogen and oxygen atoms in total. The molecule has 1 aromatic rings. The van der Waals surface area contributed by atoms with Crippen molar-refractivity contribution in [1.82, 2.24) is 10.2 Å². The third kappa shape index (κ3) is 3.15. The molecule has 1 aromatic carbocycles. The lowest BCUT2D eigenvalue weighted by atomic mass is 9.80. The first-order valence-corrected chi connectivity index (χ1v) is 10.7. The van der Waals surface area contributed by atoms with Crippen LogP contribution in [0.15, 0.2) is 24.3 Å². The molecule has 4 rings (SSSR count). The Hall–Kier alpha value is -2.88. The minimum Gasteiger partial charge on any atom is -0.352 e. The zero-order chi connectivity index (χ0) is 21.5. The average molecular weight is 409 g/mol. The first-order chi connectivity index (χ1) is 14.3. The Morgan fingerprint density at radius 3 is 2.63 bits per heavy atom. The van der Waals surface area contributed by atoms with E-state index in [-0.39, 0.29) is 30.8 Å². The second kappa shape index (κ2) is 7.42. The summed E-state index contributed by atoms with van der Waals surface area (Å²) in [6.07, 6.45) is 5.44. The Balaban J connectivity index is 1.57. The maximum absolute atomic E-state index is 13.5. The largest absolute Gasteiger partial charge is 0.352 e. The summed E-state index contributed by atoms with van der Waals surface area (Å²) in [5, 5.41) is 15.7. The van der Waals surface area contributed by atoms with Crippen LogP contribution in [-0.4, -0.2) is 41.2 Å². The topological polar surface area (TPSA) is 102 Å². The van der Waals surface area contributed by atoms with Gasteiger partial charge in [-0.3, -0.25) is 14.4 Å². The summed E-state index contributed by atoms with van der Waals surface area (Å²) in [5.74, 6) is -0.909. The van der Waals surface area contributed by atoms with Crippen LogP contribution in [0, 0.1) is 16.7 Å². The van der Waals surface area contributed by atoms with Crippen LogP contribution in [0.4, 0.5) is 5.69 Å². The highest BCUT2D eigenvalue weighted by molar-refractivity contribution is 6.09. The molecule has 1 saturated carbocycles. The van der Waals surface area contributed by atoms with Crippen LogP contribution in [0.5, 0.6) is 0 Å². The van der Waals surface area contributed by atoms with Crippen molar-refractivity contribution in [3.63, 3.8) is 0 Å². The normalized spacial score (nSPS) is 26.2. The average Bonchev–Trinajstić information content (AvgIpc) is 3.27. The summed E-state index contributed by atoms with van der Waals surface area (Å²) in [6, 6.07) is 8.93. The van der Waals surface area contributed by atoms with E-state index in [0.717, 1.165) is 36.9 Å². The molecule has 2 fully saturated rings. The highest BCUT2D eigenvalue weighted by Gasteiger charge is 2.57. The van der Waals surface area contributed by atoms with E-state index >= 15 is 0 Å². The number of nitrogens with zero attached hydrogens (tertiary/aromatic N) is 2. The van der Waals surface area contributed by atoms with Gasteiger partial charge in [0.2, 0.25) is 17.7 Å². The Morgan fingerprint density at radius 1 is 1.23 bits per heavy atom. The van der Waals surface area contributed by atoms with Crippen LogP contribution in [0.3, 0.4) is 0 Å². The lowest BCUT2D eigenvalue weighted by Gasteiger charge is -2.32. The van der Waals surface area contributed by atoms with Crippen LogP contribution in [0.25, 0.3) is 0 Å². The molecule has 0 bridgehead atoms. The molecule has 1 aliphatic carbocycles. The zero-order valence-corrected chi connectivity index (χ0v) is 17.5. The molecule has 7 heteroatoms. The third-order valence-electron chi connectivity index (χ3n) is 6.94. The van der Waals surface area contributed by atoms with Crippen molar-refractivity contribution in [2.75, 3.05) is 11.9 Å². The fraction of sp³-hybridized carbons (Fsp3) is 0.565. The second-order valence-electron chi connectivity index (χ2n) is 9.30. The first-order valence-electron chi connectivity index (χ1n) is 10.7. The lowest BCUT2D eigenvalue weighted by molar-refractivity contribution is -0.149. The van der Waals surface area contributed by atoms with Gasteiger partial charge in [0.15, 0.2) is 0 Å². The number of benzene rings is 1. The van der Waals surface area contributed by atoms with Crippen molar-refractivity contribution in [3.05, 3.63) is 29.8 Å². The van der Waals surface area contributed by atoms with Gasteiger partial charge < -0.3 is 15.5 Å². The van der Waals surface area contributed by atoms with Crippen LogP contribution in [-0.2, 0) is 19.8 Å². The predicted octanol–water partition coefficient (Wildman–Crippen LogP) is 2.48. The Bertz CT molecular complexity index is 929. The summed E-state index contributed by atoms with van der Waals surface area (Å²) in [5.41, 5.74) is -0.715. The number of fused-ring (bicyclic) bond motifs is 2. The standard InChI is InChI=1S/C23H28N4O3/c1-22(2,19(28)25-15-8-4-3-5-9-15)21(30)27-14-23(12-16(27)13-24)17-10-6-7-11-18(17)26-20(23)29/h6-7,10-11,15-16H,3-5,8-9,12,14H2,1-2H3,(H,25,28)(H,26,29)/t16?,23-/m0/s1. The number of para-hydroxylation sites is 1. The van der Waals surface area contributed by atoms with E-state index in [2.05, 4.69) is 16.7 Å². The van der Waals surface area contributed by atoms with Crippen molar-refractivity contribution in [3.8, 4) is 6.07 Å². The maximum atomic E-state index is 13.5. The minimum absolute atomic E-state index is 0.0995. The minimum atomic E-state index is -1.31. The number of carbonyl (C=O) groups excluding carboxylic acids is 3. The van der Waals surface area contributed by atoms with Gasteiger partial charge in [-0.1, -0.05) is 37.5 Å². The summed E-state index contributed by atoms with van der Waals surface area (Å²) in [7, 11) is 0. The maximum Gasteiger partial charge on any atom is 0.238 e. The molecule has 1 spiro atoms. The number of amides is 3. The molecule has 3 aliphatic rings. The molecule has 2 heterocycles. The Kier molecular flexibility index (Phi) is 5.05. The number of carbonyl (C=O) groups is 3. The first kappa shape index (κ1) is 20.4. The summed E-state index contributed by atoms with van der Waals surface area (Å²) in [4.78, 5) is 40.8. The van der Waals surface area contributed by atoms with Gasteiger partial charge in [-0.25, -0.2) is 0 Å². The van der Waals surface area contributed by atoms with Crippen LogP contribution in [0.2, 0.25) is 0 Å². The van der Waals surface area contributed by atoms with Gasteiger partial charge in [0.25, 0.3) is 0 Å². The van der Waals surface area contributed by atoms with E-state index in [0.29, 0.717) is 0 Å². The van der Waals surface area contributed by atoms with E-state index in [1.165, 1.54) is 11.3 Å². The van der Waals surface area contributed by atoms with Gasteiger partial charge in [0, 0.05) is 24.7 Å². The number of nitriles is 1. The summed E-state index contributed by atoms with van der Waals surface area (Å²) < 4.78 is 0.